The van der Waals surface area contributed by atoms with Crippen molar-refractivity contribution in [3.8, 4) is 11.3 Å². The first-order valence-electron chi connectivity index (χ1n) is 9.43. The Hall–Kier alpha value is -3.29. The van der Waals surface area contributed by atoms with E-state index in [1.165, 1.54) is 0 Å². The maximum atomic E-state index is 12.4. The van der Waals surface area contributed by atoms with E-state index in [-0.39, 0.29) is 23.6 Å². The molecule has 4 rings (SSSR count). The highest BCUT2D eigenvalue weighted by Crippen LogP contribution is 2.27. The second kappa shape index (κ2) is 7.75. The van der Waals surface area contributed by atoms with E-state index in [1.54, 1.807) is 35.3 Å². The predicted molar refractivity (Wildman–Crippen MR) is 104 cm³/mol. The lowest BCUT2D eigenvalue weighted by Crippen LogP contribution is -2.39. The molecule has 3 aromatic heterocycles. The molecule has 28 heavy (non-hydrogen) atoms. The topological polar surface area (TPSA) is 106 Å². The van der Waals surface area contributed by atoms with Gasteiger partial charge in [-0.15, -0.1) is 0 Å². The van der Waals surface area contributed by atoms with Crippen LogP contribution in [0.25, 0.3) is 11.3 Å². The SMILES string of the molecule is Cc1cc(C(=O)NC2CCC(n3nc(-c4cccnc4)ccc3=O)CC2)n[nH]1. The van der Waals surface area contributed by atoms with Crippen molar-refractivity contribution in [3.63, 3.8) is 0 Å². The van der Waals surface area contributed by atoms with Gasteiger partial charge in [0.25, 0.3) is 11.5 Å². The van der Waals surface area contributed by atoms with E-state index >= 15 is 0 Å². The normalized spacial score (nSPS) is 19.3. The Morgan fingerprint density at radius 1 is 1.21 bits per heavy atom. The molecule has 1 saturated carbocycles. The summed E-state index contributed by atoms with van der Waals surface area (Å²) in [6, 6.07) is 8.91. The van der Waals surface area contributed by atoms with Crippen LogP contribution in [0.15, 0.2) is 47.5 Å². The lowest BCUT2D eigenvalue weighted by atomic mass is 9.91. The first kappa shape index (κ1) is 18.1. The maximum Gasteiger partial charge on any atom is 0.271 e. The molecular weight excluding hydrogens is 356 g/mol. The summed E-state index contributed by atoms with van der Waals surface area (Å²) < 4.78 is 1.58. The minimum Gasteiger partial charge on any atom is -0.348 e. The predicted octanol–water partition coefficient (Wildman–Crippen LogP) is 2.25. The van der Waals surface area contributed by atoms with E-state index in [4.69, 9.17) is 0 Å². The van der Waals surface area contributed by atoms with Gasteiger partial charge in [-0.05, 0) is 56.9 Å². The summed E-state index contributed by atoms with van der Waals surface area (Å²) >= 11 is 0. The Balaban J connectivity index is 1.42. The summed E-state index contributed by atoms with van der Waals surface area (Å²) in [5.41, 5.74) is 2.77. The number of nitrogens with one attached hydrogen (secondary N) is 2. The van der Waals surface area contributed by atoms with Gasteiger partial charge in [-0.25, -0.2) is 4.68 Å². The van der Waals surface area contributed by atoms with Gasteiger partial charge in [0.1, 0.15) is 5.69 Å². The third kappa shape index (κ3) is 3.85. The molecule has 1 aliphatic rings. The van der Waals surface area contributed by atoms with Gasteiger partial charge in [-0.1, -0.05) is 0 Å². The van der Waals surface area contributed by atoms with Crippen LogP contribution in [0.1, 0.15) is 47.9 Å². The Kier molecular flexibility index (Phi) is 5.01. The van der Waals surface area contributed by atoms with Gasteiger partial charge in [0.2, 0.25) is 0 Å². The zero-order chi connectivity index (χ0) is 19.5. The summed E-state index contributed by atoms with van der Waals surface area (Å²) in [7, 11) is 0. The average Bonchev–Trinajstić information content (AvgIpc) is 3.16. The highest BCUT2D eigenvalue weighted by molar-refractivity contribution is 5.92. The molecule has 8 nitrogen and oxygen atoms in total. The molecule has 1 fully saturated rings. The van der Waals surface area contributed by atoms with Gasteiger partial charge < -0.3 is 5.32 Å². The molecule has 3 aromatic rings. The minimum atomic E-state index is -0.165. The van der Waals surface area contributed by atoms with Crippen molar-refractivity contribution < 1.29 is 4.79 Å². The fourth-order valence-electron chi connectivity index (χ4n) is 3.61. The molecule has 0 atom stereocenters. The third-order valence-electron chi connectivity index (χ3n) is 5.10. The first-order valence-corrected chi connectivity index (χ1v) is 9.43. The average molecular weight is 378 g/mol. The van der Waals surface area contributed by atoms with Crippen molar-refractivity contribution in [2.24, 2.45) is 0 Å². The maximum absolute atomic E-state index is 12.4. The van der Waals surface area contributed by atoms with E-state index in [2.05, 4.69) is 25.6 Å². The van der Waals surface area contributed by atoms with Gasteiger partial charge in [0.05, 0.1) is 11.7 Å². The molecule has 0 unspecified atom stereocenters. The number of H-pyrrole nitrogens is 1. The number of nitrogens with zero attached hydrogens (tertiary/aromatic N) is 4. The number of carbonyl (C=O) groups excluding carboxylic acids is 1. The van der Waals surface area contributed by atoms with Gasteiger partial charge in [-0.3, -0.25) is 19.7 Å². The van der Waals surface area contributed by atoms with Crippen LogP contribution in [0.3, 0.4) is 0 Å². The van der Waals surface area contributed by atoms with Crippen LogP contribution in [0.5, 0.6) is 0 Å². The number of aromatic amines is 1. The van der Waals surface area contributed by atoms with Crippen molar-refractivity contribution in [1.29, 1.82) is 0 Å². The second-order valence-corrected chi connectivity index (χ2v) is 7.16. The molecule has 0 spiro atoms. The number of pyridine rings is 1. The number of carbonyl (C=O) groups is 1. The Bertz CT molecular complexity index is 1020. The van der Waals surface area contributed by atoms with Crippen molar-refractivity contribution in [2.45, 2.75) is 44.7 Å². The molecule has 0 bridgehead atoms. The van der Waals surface area contributed by atoms with Gasteiger partial charge in [-0.2, -0.15) is 10.2 Å². The van der Waals surface area contributed by atoms with Crippen molar-refractivity contribution in [2.75, 3.05) is 0 Å². The largest absolute Gasteiger partial charge is 0.348 e. The van der Waals surface area contributed by atoms with E-state index in [0.717, 1.165) is 42.6 Å². The number of amides is 1. The fourth-order valence-corrected chi connectivity index (χ4v) is 3.61. The molecule has 3 heterocycles. The van der Waals surface area contributed by atoms with Crippen LogP contribution >= 0.6 is 0 Å². The molecule has 0 aromatic carbocycles. The minimum absolute atomic E-state index is 0.0323. The summed E-state index contributed by atoms with van der Waals surface area (Å²) in [4.78, 5) is 28.7. The number of hydrogen-bond donors (Lipinski definition) is 2. The van der Waals surface area contributed by atoms with Crippen LogP contribution in [0.4, 0.5) is 0 Å². The lowest BCUT2D eigenvalue weighted by Gasteiger charge is -2.29. The van der Waals surface area contributed by atoms with Crippen molar-refractivity contribution >= 4 is 5.91 Å². The summed E-state index contributed by atoms with van der Waals surface area (Å²) in [6.45, 7) is 1.86. The highest BCUT2D eigenvalue weighted by atomic mass is 16.2. The second-order valence-electron chi connectivity index (χ2n) is 7.16. The van der Waals surface area contributed by atoms with Crippen LogP contribution in [0.2, 0.25) is 0 Å². The number of hydrogen-bond acceptors (Lipinski definition) is 5. The van der Waals surface area contributed by atoms with Crippen molar-refractivity contribution in [3.05, 3.63) is 64.5 Å². The smallest absolute Gasteiger partial charge is 0.271 e. The summed E-state index contributed by atoms with van der Waals surface area (Å²) in [5.74, 6) is -0.165. The zero-order valence-corrected chi connectivity index (χ0v) is 15.6. The number of aryl methyl sites for hydroxylation is 1. The molecule has 0 aliphatic heterocycles. The van der Waals surface area contributed by atoms with Crippen molar-refractivity contribution in [1.82, 2.24) is 30.3 Å². The van der Waals surface area contributed by atoms with Gasteiger partial charge >= 0.3 is 0 Å². The molecule has 2 N–H and O–H groups in total. The molecule has 8 heteroatoms. The van der Waals surface area contributed by atoms with Crippen LogP contribution in [0, 0.1) is 6.92 Å². The quantitative estimate of drug-likeness (QED) is 0.724. The Morgan fingerprint density at radius 2 is 2.04 bits per heavy atom. The van der Waals surface area contributed by atoms with Gasteiger partial charge in [0, 0.05) is 35.8 Å². The first-order chi connectivity index (χ1) is 13.6. The Labute approximate surface area is 162 Å². The van der Waals surface area contributed by atoms with E-state index in [9.17, 15) is 9.59 Å². The molecule has 144 valence electrons. The number of rotatable bonds is 4. The van der Waals surface area contributed by atoms with Crippen LogP contribution < -0.4 is 10.9 Å². The fraction of sp³-hybridized carbons (Fsp3) is 0.350. The van der Waals surface area contributed by atoms with Crippen LogP contribution in [-0.4, -0.2) is 36.9 Å². The van der Waals surface area contributed by atoms with Gasteiger partial charge in [0.15, 0.2) is 0 Å². The zero-order valence-electron chi connectivity index (χ0n) is 15.6. The molecule has 0 radical (unpaired) electrons. The standard InChI is InChI=1S/C20H22N6O2/c1-13-11-18(24-23-13)20(28)22-15-4-6-16(7-5-15)26-19(27)9-8-17(25-26)14-3-2-10-21-12-14/h2-3,8-12,15-16H,4-7H2,1H3,(H,22,28)(H,23,24). The van der Waals surface area contributed by atoms with E-state index < -0.39 is 0 Å². The van der Waals surface area contributed by atoms with Crippen LogP contribution in [-0.2, 0) is 0 Å². The lowest BCUT2D eigenvalue weighted by molar-refractivity contribution is 0.0916. The Morgan fingerprint density at radius 3 is 2.71 bits per heavy atom. The highest BCUT2D eigenvalue weighted by Gasteiger charge is 2.25. The molecular formula is C20H22N6O2. The molecule has 1 aliphatic carbocycles. The monoisotopic (exact) mass is 378 g/mol. The molecule has 0 saturated heterocycles. The molecule has 1 amide bonds. The van der Waals surface area contributed by atoms with E-state index in [1.807, 2.05) is 19.1 Å². The number of aromatic nitrogens is 5. The third-order valence-corrected chi connectivity index (χ3v) is 5.10. The summed E-state index contributed by atoms with van der Waals surface area (Å²) in [6.07, 6.45) is 6.61. The summed E-state index contributed by atoms with van der Waals surface area (Å²) in [5, 5.41) is 14.4. The van der Waals surface area contributed by atoms with E-state index in [0.29, 0.717) is 5.69 Å².